The standard InChI is InChI=1S/C9H14N4/c1-2-13-9(3-4-11-13)12-7-5-10-6-8-12/h2-4,10H,1,5-8H2. The van der Waals surface area contributed by atoms with Crippen molar-refractivity contribution in [3.63, 3.8) is 0 Å². The Morgan fingerprint density at radius 1 is 1.46 bits per heavy atom. The quantitative estimate of drug-likeness (QED) is 0.711. The van der Waals surface area contributed by atoms with Crippen LogP contribution in [-0.2, 0) is 0 Å². The van der Waals surface area contributed by atoms with E-state index < -0.39 is 0 Å². The molecule has 0 aromatic carbocycles. The van der Waals surface area contributed by atoms with Gasteiger partial charge < -0.3 is 10.2 Å². The molecule has 4 heteroatoms. The van der Waals surface area contributed by atoms with Crippen molar-refractivity contribution in [2.45, 2.75) is 0 Å². The van der Waals surface area contributed by atoms with Crippen LogP contribution < -0.4 is 10.2 Å². The van der Waals surface area contributed by atoms with Crippen LogP contribution in [0.5, 0.6) is 0 Å². The highest BCUT2D eigenvalue weighted by Gasteiger charge is 2.12. The number of rotatable bonds is 2. The monoisotopic (exact) mass is 178 g/mol. The molecule has 1 N–H and O–H groups in total. The molecule has 2 heterocycles. The zero-order valence-electron chi connectivity index (χ0n) is 7.61. The van der Waals surface area contributed by atoms with Gasteiger partial charge in [0.05, 0.1) is 6.20 Å². The van der Waals surface area contributed by atoms with E-state index in [-0.39, 0.29) is 0 Å². The van der Waals surface area contributed by atoms with E-state index in [4.69, 9.17) is 0 Å². The van der Waals surface area contributed by atoms with E-state index in [0.717, 1.165) is 32.0 Å². The van der Waals surface area contributed by atoms with Crippen LogP contribution in [0.2, 0.25) is 0 Å². The lowest BCUT2D eigenvalue weighted by Crippen LogP contribution is -2.44. The minimum absolute atomic E-state index is 1.04. The molecule has 0 amide bonds. The van der Waals surface area contributed by atoms with E-state index >= 15 is 0 Å². The molecule has 0 atom stereocenters. The van der Waals surface area contributed by atoms with Crippen molar-refractivity contribution in [2.24, 2.45) is 0 Å². The number of hydrogen-bond acceptors (Lipinski definition) is 3. The topological polar surface area (TPSA) is 33.1 Å². The van der Waals surface area contributed by atoms with Gasteiger partial charge >= 0.3 is 0 Å². The SMILES string of the molecule is C=Cn1nccc1N1CCNCC1. The van der Waals surface area contributed by atoms with E-state index in [1.165, 1.54) is 0 Å². The van der Waals surface area contributed by atoms with Gasteiger partial charge in [-0.25, -0.2) is 4.68 Å². The Labute approximate surface area is 77.8 Å². The number of piperazine rings is 1. The molecular formula is C9H14N4. The van der Waals surface area contributed by atoms with Crippen LogP contribution in [0, 0.1) is 0 Å². The summed E-state index contributed by atoms with van der Waals surface area (Å²) in [5.74, 6) is 1.14. The van der Waals surface area contributed by atoms with Gasteiger partial charge in [-0.15, -0.1) is 0 Å². The molecule has 1 aliphatic heterocycles. The molecule has 2 rings (SSSR count). The Bertz CT molecular complexity index is 286. The van der Waals surface area contributed by atoms with Crippen LogP contribution in [0.25, 0.3) is 6.20 Å². The molecule has 0 spiro atoms. The first-order chi connectivity index (χ1) is 6.42. The average Bonchev–Trinajstić information content (AvgIpc) is 2.67. The molecule has 0 radical (unpaired) electrons. The van der Waals surface area contributed by atoms with Crippen LogP contribution in [0.4, 0.5) is 5.82 Å². The summed E-state index contributed by atoms with van der Waals surface area (Å²) in [7, 11) is 0. The lowest BCUT2D eigenvalue weighted by molar-refractivity contribution is 0.580. The third-order valence-corrected chi connectivity index (χ3v) is 2.26. The summed E-state index contributed by atoms with van der Waals surface area (Å²) in [6, 6.07) is 2.02. The zero-order valence-corrected chi connectivity index (χ0v) is 7.61. The fraction of sp³-hybridized carbons (Fsp3) is 0.444. The summed E-state index contributed by atoms with van der Waals surface area (Å²) in [6.45, 7) is 7.89. The Morgan fingerprint density at radius 2 is 2.23 bits per heavy atom. The maximum atomic E-state index is 4.15. The molecule has 1 saturated heterocycles. The molecule has 0 bridgehead atoms. The van der Waals surface area contributed by atoms with E-state index in [2.05, 4.69) is 21.9 Å². The predicted molar refractivity (Wildman–Crippen MR) is 53.7 cm³/mol. The van der Waals surface area contributed by atoms with Crippen LogP contribution in [0.15, 0.2) is 18.8 Å². The van der Waals surface area contributed by atoms with Gasteiger partial charge in [0.2, 0.25) is 0 Å². The second kappa shape index (κ2) is 3.62. The van der Waals surface area contributed by atoms with E-state index in [9.17, 15) is 0 Å². The van der Waals surface area contributed by atoms with Gasteiger partial charge in [0.15, 0.2) is 0 Å². The first-order valence-corrected chi connectivity index (χ1v) is 4.53. The van der Waals surface area contributed by atoms with Crippen LogP contribution in [-0.4, -0.2) is 36.0 Å². The average molecular weight is 178 g/mol. The Morgan fingerprint density at radius 3 is 2.92 bits per heavy atom. The molecular weight excluding hydrogens is 164 g/mol. The summed E-state index contributed by atoms with van der Waals surface area (Å²) < 4.78 is 1.81. The van der Waals surface area contributed by atoms with Gasteiger partial charge in [-0.2, -0.15) is 5.10 Å². The molecule has 0 saturated carbocycles. The number of nitrogens with one attached hydrogen (secondary N) is 1. The second-order valence-corrected chi connectivity index (χ2v) is 3.05. The van der Waals surface area contributed by atoms with Crippen molar-refractivity contribution >= 4 is 12.0 Å². The Kier molecular flexibility index (Phi) is 2.31. The van der Waals surface area contributed by atoms with Crippen molar-refractivity contribution in [3.05, 3.63) is 18.8 Å². The minimum atomic E-state index is 1.04. The summed E-state index contributed by atoms with van der Waals surface area (Å²) in [6.07, 6.45) is 3.54. The summed E-state index contributed by atoms with van der Waals surface area (Å²) in [5.41, 5.74) is 0. The smallest absolute Gasteiger partial charge is 0.131 e. The fourth-order valence-corrected chi connectivity index (χ4v) is 1.59. The van der Waals surface area contributed by atoms with Gasteiger partial charge in [-0.3, -0.25) is 0 Å². The number of hydrogen-bond donors (Lipinski definition) is 1. The van der Waals surface area contributed by atoms with E-state index in [1.54, 1.807) is 12.4 Å². The minimum Gasteiger partial charge on any atom is -0.354 e. The molecule has 1 aromatic heterocycles. The first-order valence-electron chi connectivity index (χ1n) is 4.53. The highest BCUT2D eigenvalue weighted by Crippen LogP contribution is 2.13. The molecule has 1 aromatic rings. The third kappa shape index (κ3) is 1.58. The number of aromatic nitrogens is 2. The number of nitrogens with zero attached hydrogens (tertiary/aromatic N) is 3. The maximum absolute atomic E-state index is 4.15. The molecule has 13 heavy (non-hydrogen) atoms. The number of anilines is 1. The van der Waals surface area contributed by atoms with Gasteiger partial charge in [0.1, 0.15) is 5.82 Å². The van der Waals surface area contributed by atoms with Crippen molar-refractivity contribution in [1.29, 1.82) is 0 Å². The first kappa shape index (κ1) is 8.31. The lowest BCUT2D eigenvalue weighted by atomic mass is 10.3. The predicted octanol–water partition coefficient (Wildman–Crippen LogP) is 0.393. The maximum Gasteiger partial charge on any atom is 0.131 e. The third-order valence-electron chi connectivity index (χ3n) is 2.26. The van der Waals surface area contributed by atoms with E-state index in [1.807, 2.05) is 10.7 Å². The Hall–Kier alpha value is -1.29. The van der Waals surface area contributed by atoms with Crippen molar-refractivity contribution in [2.75, 3.05) is 31.1 Å². The molecule has 0 unspecified atom stereocenters. The highest BCUT2D eigenvalue weighted by atomic mass is 15.4. The normalized spacial score (nSPS) is 17.4. The highest BCUT2D eigenvalue weighted by molar-refractivity contribution is 5.44. The second-order valence-electron chi connectivity index (χ2n) is 3.05. The van der Waals surface area contributed by atoms with Crippen molar-refractivity contribution < 1.29 is 0 Å². The van der Waals surface area contributed by atoms with Gasteiger partial charge in [0, 0.05) is 38.4 Å². The summed E-state index contributed by atoms with van der Waals surface area (Å²) >= 11 is 0. The van der Waals surface area contributed by atoms with Gasteiger partial charge in [-0.05, 0) is 0 Å². The molecule has 0 aliphatic carbocycles. The molecule has 4 nitrogen and oxygen atoms in total. The van der Waals surface area contributed by atoms with Crippen LogP contribution in [0.1, 0.15) is 0 Å². The Balaban J connectivity index is 2.17. The summed E-state index contributed by atoms with van der Waals surface area (Å²) in [5, 5.41) is 7.46. The van der Waals surface area contributed by atoms with Gasteiger partial charge in [0.25, 0.3) is 0 Å². The van der Waals surface area contributed by atoms with Crippen LogP contribution in [0.3, 0.4) is 0 Å². The molecule has 1 aliphatic rings. The molecule has 70 valence electrons. The summed E-state index contributed by atoms with van der Waals surface area (Å²) in [4.78, 5) is 2.31. The largest absolute Gasteiger partial charge is 0.354 e. The van der Waals surface area contributed by atoms with E-state index in [0.29, 0.717) is 0 Å². The van der Waals surface area contributed by atoms with Crippen molar-refractivity contribution in [1.82, 2.24) is 15.1 Å². The van der Waals surface area contributed by atoms with Crippen molar-refractivity contribution in [3.8, 4) is 0 Å². The lowest BCUT2D eigenvalue weighted by Gasteiger charge is -2.28. The molecule has 1 fully saturated rings. The van der Waals surface area contributed by atoms with Gasteiger partial charge in [-0.1, -0.05) is 6.58 Å². The van der Waals surface area contributed by atoms with Crippen LogP contribution >= 0.6 is 0 Å². The zero-order chi connectivity index (χ0) is 9.10. The fourth-order valence-electron chi connectivity index (χ4n) is 1.59.